The summed E-state index contributed by atoms with van der Waals surface area (Å²) in [6, 6.07) is 7.80. The average molecular weight is 193 g/mol. The molecular weight excluding hydrogens is 178 g/mol. The number of benzene rings is 1. The van der Waals surface area contributed by atoms with Crippen LogP contribution < -0.4 is 4.90 Å². The van der Waals surface area contributed by atoms with Gasteiger partial charge in [-0.25, -0.2) is 0 Å². The highest BCUT2D eigenvalue weighted by Gasteiger charge is 2.09. The summed E-state index contributed by atoms with van der Waals surface area (Å²) in [5.74, 6) is -0.0450. The summed E-state index contributed by atoms with van der Waals surface area (Å²) >= 11 is 0. The van der Waals surface area contributed by atoms with Gasteiger partial charge in [0.2, 0.25) is 0 Å². The molecule has 1 aromatic rings. The Bertz CT molecular complexity index is 306. The first kappa shape index (κ1) is 10.7. The van der Waals surface area contributed by atoms with E-state index in [-0.39, 0.29) is 12.5 Å². The molecule has 0 aliphatic heterocycles. The average Bonchev–Trinajstić information content (AvgIpc) is 2.18. The smallest absolute Gasteiger partial charge is 0.252 e. The van der Waals surface area contributed by atoms with E-state index < -0.39 is 0 Å². The molecule has 0 saturated carbocycles. The van der Waals surface area contributed by atoms with Gasteiger partial charge in [0.25, 0.3) is 5.91 Å². The van der Waals surface area contributed by atoms with Crippen LogP contribution in [0.4, 0.5) is 5.69 Å². The van der Waals surface area contributed by atoms with Crippen LogP contribution in [0, 0.1) is 6.92 Å². The summed E-state index contributed by atoms with van der Waals surface area (Å²) in [5.41, 5.74) is 2.07. The Morgan fingerprint density at radius 1 is 1.36 bits per heavy atom. The second-order valence-corrected chi connectivity index (χ2v) is 3.22. The SMILES string of the molecule is COCC(=O)N(C)c1ccc(C)cc1. The number of ether oxygens (including phenoxy) is 1. The maximum Gasteiger partial charge on any atom is 0.252 e. The summed E-state index contributed by atoms with van der Waals surface area (Å²) in [7, 11) is 3.26. The van der Waals surface area contributed by atoms with E-state index in [1.807, 2.05) is 31.2 Å². The molecule has 0 saturated heterocycles. The van der Waals surface area contributed by atoms with E-state index in [9.17, 15) is 4.79 Å². The number of rotatable bonds is 3. The van der Waals surface area contributed by atoms with E-state index in [2.05, 4.69) is 0 Å². The molecule has 1 amide bonds. The van der Waals surface area contributed by atoms with E-state index in [1.54, 1.807) is 11.9 Å². The highest BCUT2D eigenvalue weighted by Crippen LogP contribution is 2.13. The van der Waals surface area contributed by atoms with E-state index in [1.165, 1.54) is 12.7 Å². The zero-order chi connectivity index (χ0) is 10.6. The summed E-state index contributed by atoms with van der Waals surface area (Å²) in [6.45, 7) is 2.13. The molecular formula is C11H15NO2. The number of nitrogens with zero attached hydrogens (tertiary/aromatic N) is 1. The second kappa shape index (κ2) is 4.77. The molecule has 1 rings (SSSR count). The van der Waals surface area contributed by atoms with Crippen LogP contribution >= 0.6 is 0 Å². The number of aryl methyl sites for hydroxylation is 1. The number of hydrogen-bond donors (Lipinski definition) is 0. The molecule has 0 unspecified atom stereocenters. The van der Waals surface area contributed by atoms with Crippen molar-refractivity contribution in [1.82, 2.24) is 0 Å². The Labute approximate surface area is 84.3 Å². The molecule has 0 radical (unpaired) electrons. The number of anilines is 1. The van der Waals surface area contributed by atoms with Gasteiger partial charge in [-0.1, -0.05) is 17.7 Å². The van der Waals surface area contributed by atoms with Crippen molar-refractivity contribution in [2.75, 3.05) is 25.7 Å². The van der Waals surface area contributed by atoms with E-state index in [4.69, 9.17) is 4.74 Å². The molecule has 0 aliphatic rings. The van der Waals surface area contributed by atoms with Gasteiger partial charge in [-0.15, -0.1) is 0 Å². The zero-order valence-corrected chi connectivity index (χ0v) is 8.78. The first-order valence-corrected chi connectivity index (χ1v) is 4.47. The Morgan fingerprint density at radius 3 is 2.43 bits per heavy atom. The summed E-state index contributed by atoms with van der Waals surface area (Å²) in [6.07, 6.45) is 0. The molecule has 14 heavy (non-hydrogen) atoms. The second-order valence-electron chi connectivity index (χ2n) is 3.22. The monoisotopic (exact) mass is 193 g/mol. The Balaban J connectivity index is 2.73. The third-order valence-corrected chi connectivity index (χ3v) is 2.06. The molecule has 0 fully saturated rings. The Morgan fingerprint density at radius 2 is 1.93 bits per heavy atom. The normalized spacial score (nSPS) is 9.93. The van der Waals surface area contributed by atoms with Crippen molar-refractivity contribution in [3.8, 4) is 0 Å². The van der Waals surface area contributed by atoms with Crippen LogP contribution in [0.15, 0.2) is 24.3 Å². The third-order valence-electron chi connectivity index (χ3n) is 2.06. The maximum absolute atomic E-state index is 11.4. The molecule has 0 atom stereocenters. The number of amides is 1. The van der Waals surface area contributed by atoms with Gasteiger partial charge in [0, 0.05) is 19.8 Å². The number of methoxy groups -OCH3 is 1. The molecule has 1 aromatic carbocycles. The van der Waals surface area contributed by atoms with Crippen LogP contribution in [0.3, 0.4) is 0 Å². The number of carbonyl (C=O) groups is 1. The third kappa shape index (κ3) is 2.57. The van der Waals surface area contributed by atoms with Gasteiger partial charge in [0.05, 0.1) is 0 Å². The number of likely N-dealkylation sites (N-methyl/N-ethyl adjacent to an activating group) is 1. The lowest BCUT2D eigenvalue weighted by Crippen LogP contribution is -2.29. The number of carbonyl (C=O) groups excluding carboxylic acids is 1. The van der Waals surface area contributed by atoms with Crippen molar-refractivity contribution in [3.05, 3.63) is 29.8 Å². The van der Waals surface area contributed by atoms with Gasteiger partial charge in [-0.05, 0) is 19.1 Å². The molecule has 3 heteroatoms. The zero-order valence-electron chi connectivity index (χ0n) is 8.78. The van der Waals surface area contributed by atoms with Crippen LogP contribution in [0.5, 0.6) is 0 Å². The van der Waals surface area contributed by atoms with Gasteiger partial charge in [0.1, 0.15) is 6.61 Å². The topological polar surface area (TPSA) is 29.5 Å². The van der Waals surface area contributed by atoms with Crippen LogP contribution in [-0.4, -0.2) is 26.7 Å². The first-order valence-electron chi connectivity index (χ1n) is 4.47. The fraction of sp³-hybridized carbons (Fsp3) is 0.364. The molecule has 0 bridgehead atoms. The lowest BCUT2D eigenvalue weighted by atomic mass is 10.2. The lowest BCUT2D eigenvalue weighted by molar-refractivity contribution is -0.121. The molecule has 76 valence electrons. The fourth-order valence-corrected chi connectivity index (χ4v) is 1.13. The summed E-state index contributed by atoms with van der Waals surface area (Å²) in [5, 5.41) is 0. The van der Waals surface area contributed by atoms with Crippen LogP contribution in [0.25, 0.3) is 0 Å². The van der Waals surface area contributed by atoms with Crippen molar-refractivity contribution in [2.45, 2.75) is 6.92 Å². The van der Waals surface area contributed by atoms with Crippen LogP contribution in [-0.2, 0) is 9.53 Å². The van der Waals surface area contributed by atoms with Crippen molar-refractivity contribution in [2.24, 2.45) is 0 Å². The summed E-state index contributed by atoms with van der Waals surface area (Å²) < 4.78 is 4.78. The first-order chi connectivity index (χ1) is 6.65. The predicted molar refractivity (Wildman–Crippen MR) is 56.5 cm³/mol. The van der Waals surface area contributed by atoms with Gasteiger partial charge < -0.3 is 9.64 Å². The molecule has 0 spiro atoms. The molecule has 0 aromatic heterocycles. The predicted octanol–water partition coefficient (Wildman–Crippen LogP) is 1.60. The maximum atomic E-state index is 11.4. The van der Waals surface area contributed by atoms with Crippen LogP contribution in [0.2, 0.25) is 0 Å². The van der Waals surface area contributed by atoms with Gasteiger partial charge in [-0.2, -0.15) is 0 Å². The van der Waals surface area contributed by atoms with Crippen molar-refractivity contribution in [1.29, 1.82) is 0 Å². The largest absolute Gasteiger partial charge is 0.375 e. The Hall–Kier alpha value is -1.35. The highest BCUT2D eigenvalue weighted by molar-refractivity contribution is 5.93. The molecule has 0 aliphatic carbocycles. The minimum Gasteiger partial charge on any atom is -0.375 e. The fourth-order valence-electron chi connectivity index (χ4n) is 1.13. The van der Waals surface area contributed by atoms with Crippen molar-refractivity contribution < 1.29 is 9.53 Å². The van der Waals surface area contributed by atoms with E-state index >= 15 is 0 Å². The van der Waals surface area contributed by atoms with E-state index in [0.29, 0.717) is 0 Å². The lowest BCUT2D eigenvalue weighted by Gasteiger charge is -2.16. The quantitative estimate of drug-likeness (QED) is 0.729. The highest BCUT2D eigenvalue weighted by atomic mass is 16.5. The Kier molecular flexibility index (Phi) is 3.65. The minimum atomic E-state index is -0.0450. The van der Waals surface area contributed by atoms with E-state index in [0.717, 1.165) is 5.69 Å². The van der Waals surface area contributed by atoms with Crippen molar-refractivity contribution in [3.63, 3.8) is 0 Å². The molecule has 3 nitrogen and oxygen atoms in total. The van der Waals surface area contributed by atoms with Gasteiger partial charge >= 0.3 is 0 Å². The molecule has 0 heterocycles. The standard InChI is InChI=1S/C11H15NO2/c1-9-4-6-10(7-5-9)12(2)11(13)8-14-3/h4-7H,8H2,1-3H3. The van der Waals surface area contributed by atoms with Crippen LogP contribution in [0.1, 0.15) is 5.56 Å². The molecule has 0 N–H and O–H groups in total. The van der Waals surface area contributed by atoms with Gasteiger partial charge in [-0.3, -0.25) is 4.79 Å². The number of hydrogen-bond acceptors (Lipinski definition) is 2. The van der Waals surface area contributed by atoms with Gasteiger partial charge in [0.15, 0.2) is 0 Å². The van der Waals surface area contributed by atoms with Crippen molar-refractivity contribution >= 4 is 11.6 Å². The minimum absolute atomic E-state index is 0.0450. The summed E-state index contributed by atoms with van der Waals surface area (Å²) in [4.78, 5) is 13.0.